The highest BCUT2D eigenvalue weighted by atomic mass is 16.5. The van der Waals surface area contributed by atoms with E-state index in [0.717, 1.165) is 5.56 Å². The second-order valence-electron chi connectivity index (χ2n) is 4.63. The van der Waals surface area contributed by atoms with Gasteiger partial charge in [-0.2, -0.15) is 0 Å². The summed E-state index contributed by atoms with van der Waals surface area (Å²) in [6.07, 6.45) is 0.414. The number of amides is 1. The van der Waals surface area contributed by atoms with Crippen molar-refractivity contribution in [2.75, 3.05) is 0 Å². The zero-order valence-corrected chi connectivity index (χ0v) is 11.8. The number of nitrogens with one attached hydrogen (secondary N) is 1. The van der Waals surface area contributed by atoms with Crippen LogP contribution in [0.5, 0.6) is 0 Å². The molecule has 110 valence electrons. The molecule has 0 radical (unpaired) electrons. The molecule has 0 fully saturated rings. The van der Waals surface area contributed by atoms with E-state index in [1.165, 1.54) is 0 Å². The Hall–Kier alpha value is -1.88. The van der Waals surface area contributed by atoms with Crippen molar-refractivity contribution in [1.82, 2.24) is 5.32 Å². The number of ether oxygens (including phenoxy) is 1. The van der Waals surface area contributed by atoms with Crippen LogP contribution >= 0.6 is 0 Å². The first-order chi connectivity index (χ1) is 9.54. The van der Waals surface area contributed by atoms with Crippen LogP contribution in [-0.4, -0.2) is 29.1 Å². The maximum absolute atomic E-state index is 11.9. The number of carboxylic acids is 1. The Morgan fingerprint density at radius 1 is 1.30 bits per heavy atom. The fraction of sp³-hybridized carbons (Fsp3) is 0.467. The Kier molecular flexibility index (Phi) is 6.73. The molecule has 0 heterocycles. The first-order valence-corrected chi connectivity index (χ1v) is 6.73. The maximum Gasteiger partial charge on any atom is 0.326 e. The molecule has 0 saturated heterocycles. The van der Waals surface area contributed by atoms with Gasteiger partial charge in [0.05, 0.1) is 6.61 Å². The standard InChI is InChI=1S/C15H21NO4/c1-3-7-13(15(18)19)16-14(17)11(2)20-10-12-8-5-4-6-9-12/h4-6,8-9,11,13H,3,7,10H2,1-2H3,(H,16,17)(H,18,19). The van der Waals surface area contributed by atoms with Gasteiger partial charge in [-0.3, -0.25) is 4.79 Å². The second-order valence-corrected chi connectivity index (χ2v) is 4.63. The normalized spacial score (nSPS) is 13.5. The molecule has 0 aliphatic carbocycles. The molecule has 0 aromatic heterocycles. The van der Waals surface area contributed by atoms with Crippen molar-refractivity contribution in [3.63, 3.8) is 0 Å². The van der Waals surface area contributed by atoms with Crippen molar-refractivity contribution in [3.8, 4) is 0 Å². The highest BCUT2D eigenvalue weighted by Crippen LogP contribution is 2.04. The topological polar surface area (TPSA) is 75.6 Å². The summed E-state index contributed by atoms with van der Waals surface area (Å²) in [7, 11) is 0. The van der Waals surface area contributed by atoms with E-state index in [9.17, 15) is 9.59 Å². The van der Waals surface area contributed by atoms with E-state index in [0.29, 0.717) is 19.4 Å². The number of carbonyl (C=O) groups excluding carboxylic acids is 1. The lowest BCUT2D eigenvalue weighted by atomic mass is 10.1. The Morgan fingerprint density at radius 3 is 2.50 bits per heavy atom. The van der Waals surface area contributed by atoms with Gasteiger partial charge in [0.2, 0.25) is 5.91 Å². The van der Waals surface area contributed by atoms with Gasteiger partial charge in [-0.15, -0.1) is 0 Å². The summed E-state index contributed by atoms with van der Waals surface area (Å²) in [4.78, 5) is 22.8. The van der Waals surface area contributed by atoms with E-state index in [4.69, 9.17) is 9.84 Å². The summed E-state index contributed by atoms with van der Waals surface area (Å²) >= 11 is 0. The fourth-order valence-corrected chi connectivity index (χ4v) is 1.71. The lowest BCUT2D eigenvalue weighted by Gasteiger charge is -2.17. The minimum Gasteiger partial charge on any atom is -0.480 e. The van der Waals surface area contributed by atoms with E-state index in [2.05, 4.69) is 5.32 Å². The monoisotopic (exact) mass is 279 g/mol. The highest BCUT2D eigenvalue weighted by Gasteiger charge is 2.22. The van der Waals surface area contributed by atoms with E-state index >= 15 is 0 Å². The van der Waals surface area contributed by atoms with Crippen LogP contribution in [0, 0.1) is 0 Å². The van der Waals surface area contributed by atoms with Crippen LogP contribution < -0.4 is 5.32 Å². The molecule has 0 spiro atoms. The molecule has 2 unspecified atom stereocenters. The van der Waals surface area contributed by atoms with Crippen molar-refractivity contribution in [2.45, 2.75) is 45.4 Å². The molecular weight excluding hydrogens is 258 g/mol. The Morgan fingerprint density at radius 2 is 1.95 bits per heavy atom. The molecule has 5 heteroatoms. The zero-order chi connectivity index (χ0) is 15.0. The van der Waals surface area contributed by atoms with Crippen LogP contribution in [0.4, 0.5) is 0 Å². The average molecular weight is 279 g/mol. The third kappa shape index (κ3) is 5.40. The van der Waals surface area contributed by atoms with Gasteiger partial charge in [0.15, 0.2) is 0 Å². The number of rotatable bonds is 8. The van der Waals surface area contributed by atoms with Crippen molar-refractivity contribution < 1.29 is 19.4 Å². The quantitative estimate of drug-likeness (QED) is 0.762. The first kappa shape index (κ1) is 16.2. The molecule has 2 N–H and O–H groups in total. The van der Waals surface area contributed by atoms with Crippen LogP contribution in [0.15, 0.2) is 30.3 Å². The summed E-state index contributed by atoms with van der Waals surface area (Å²) in [5, 5.41) is 11.5. The highest BCUT2D eigenvalue weighted by molar-refractivity contribution is 5.86. The summed E-state index contributed by atoms with van der Waals surface area (Å²) in [6, 6.07) is 8.65. The summed E-state index contributed by atoms with van der Waals surface area (Å²) in [6.45, 7) is 3.81. The smallest absolute Gasteiger partial charge is 0.326 e. The summed E-state index contributed by atoms with van der Waals surface area (Å²) in [5.41, 5.74) is 0.968. The van der Waals surface area contributed by atoms with Crippen LogP contribution in [-0.2, 0) is 20.9 Å². The molecule has 0 bridgehead atoms. The predicted molar refractivity (Wildman–Crippen MR) is 75.2 cm³/mol. The Labute approximate surface area is 118 Å². The first-order valence-electron chi connectivity index (χ1n) is 6.73. The molecule has 1 aromatic carbocycles. The molecule has 1 amide bonds. The summed E-state index contributed by atoms with van der Waals surface area (Å²) < 4.78 is 5.44. The van der Waals surface area contributed by atoms with E-state index in [1.54, 1.807) is 6.92 Å². The van der Waals surface area contributed by atoms with Gasteiger partial charge >= 0.3 is 5.97 Å². The number of hydrogen-bond acceptors (Lipinski definition) is 3. The largest absolute Gasteiger partial charge is 0.480 e. The minimum atomic E-state index is -1.02. The fourth-order valence-electron chi connectivity index (χ4n) is 1.71. The van der Waals surface area contributed by atoms with Gasteiger partial charge in [-0.1, -0.05) is 43.7 Å². The minimum absolute atomic E-state index is 0.320. The molecule has 5 nitrogen and oxygen atoms in total. The van der Waals surface area contributed by atoms with E-state index in [-0.39, 0.29) is 0 Å². The number of carbonyl (C=O) groups is 2. The van der Waals surface area contributed by atoms with Crippen LogP contribution in [0.25, 0.3) is 0 Å². The van der Waals surface area contributed by atoms with Gasteiger partial charge in [0, 0.05) is 0 Å². The number of aliphatic carboxylic acids is 1. The zero-order valence-electron chi connectivity index (χ0n) is 11.8. The number of hydrogen-bond donors (Lipinski definition) is 2. The lowest BCUT2D eigenvalue weighted by molar-refractivity contribution is -0.144. The molecule has 2 atom stereocenters. The van der Waals surface area contributed by atoms with Gasteiger partial charge in [0.1, 0.15) is 12.1 Å². The van der Waals surface area contributed by atoms with Crippen LogP contribution in [0.3, 0.4) is 0 Å². The van der Waals surface area contributed by atoms with Crippen LogP contribution in [0.2, 0.25) is 0 Å². The number of benzene rings is 1. The lowest BCUT2D eigenvalue weighted by Crippen LogP contribution is -2.45. The third-order valence-electron chi connectivity index (χ3n) is 2.90. The van der Waals surface area contributed by atoms with Gasteiger partial charge in [0.25, 0.3) is 0 Å². The SMILES string of the molecule is CCCC(NC(=O)C(C)OCc1ccccc1)C(=O)O. The Bertz CT molecular complexity index is 433. The van der Waals surface area contributed by atoms with Crippen molar-refractivity contribution >= 4 is 11.9 Å². The molecule has 1 rings (SSSR count). The molecule has 0 saturated carbocycles. The molecule has 0 aliphatic rings. The van der Waals surface area contributed by atoms with Gasteiger partial charge in [-0.05, 0) is 18.9 Å². The number of carboxylic acid groups (broad SMARTS) is 1. The van der Waals surface area contributed by atoms with Crippen molar-refractivity contribution in [2.24, 2.45) is 0 Å². The molecule has 0 aliphatic heterocycles. The third-order valence-corrected chi connectivity index (χ3v) is 2.90. The molecular formula is C15H21NO4. The average Bonchev–Trinajstić information content (AvgIpc) is 2.45. The van der Waals surface area contributed by atoms with E-state index in [1.807, 2.05) is 37.3 Å². The molecule has 20 heavy (non-hydrogen) atoms. The van der Waals surface area contributed by atoms with E-state index < -0.39 is 24.0 Å². The van der Waals surface area contributed by atoms with Crippen molar-refractivity contribution in [3.05, 3.63) is 35.9 Å². The summed E-state index contributed by atoms with van der Waals surface area (Å²) in [5.74, 6) is -1.42. The maximum atomic E-state index is 11.9. The predicted octanol–water partition coefficient (Wildman–Crippen LogP) is 1.96. The van der Waals surface area contributed by atoms with Crippen LogP contribution in [0.1, 0.15) is 32.3 Å². The van der Waals surface area contributed by atoms with Gasteiger partial charge < -0.3 is 15.2 Å². The molecule has 1 aromatic rings. The van der Waals surface area contributed by atoms with Gasteiger partial charge in [-0.25, -0.2) is 4.79 Å². The van der Waals surface area contributed by atoms with Crippen molar-refractivity contribution in [1.29, 1.82) is 0 Å². The second kappa shape index (κ2) is 8.32. The Balaban J connectivity index is 2.44.